The van der Waals surface area contributed by atoms with Crippen molar-refractivity contribution in [3.05, 3.63) is 22.2 Å². The summed E-state index contributed by atoms with van der Waals surface area (Å²) in [5.41, 5.74) is 7.03. The number of rotatable bonds is 2. The third-order valence-electron chi connectivity index (χ3n) is 3.87. The average Bonchev–Trinajstić information content (AvgIpc) is 2.58. The Bertz CT molecular complexity index is 601. The summed E-state index contributed by atoms with van der Waals surface area (Å²) in [7, 11) is -3.47. The quantitative estimate of drug-likeness (QED) is 0.822. The average molecular weight is 361 g/mol. The SMILES string of the molecule is Cc1cc(Br)c(N)cc1S(=O)(=O)N1CCCCCC1C. The van der Waals surface area contributed by atoms with Crippen LogP contribution in [0.4, 0.5) is 5.69 Å². The number of anilines is 1. The maximum absolute atomic E-state index is 12.9. The Morgan fingerprint density at radius 1 is 1.30 bits per heavy atom. The predicted octanol–water partition coefficient (Wildman–Crippen LogP) is 3.29. The number of nitrogens with zero attached hydrogens (tertiary/aromatic N) is 1. The fourth-order valence-electron chi connectivity index (χ4n) is 2.68. The first-order chi connectivity index (χ1) is 9.34. The Labute approximate surface area is 129 Å². The van der Waals surface area contributed by atoms with Crippen LogP contribution in [0.1, 0.15) is 38.2 Å². The van der Waals surface area contributed by atoms with Gasteiger partial charge in [0.05, 0.1) is 4.90 Å². The molecule has 20 heavy (non-hydrogen) atoms. The van der Waals surface area contributed by atoms with Gasteiger partial charge in [0, 0.05) is 22.7 Å². The summed E-state index contributed by atoms with van der Waals surface area (Å²) >= 11 is 3.33. The van der Waals surface area contributed by atoms with Gasteiger partial charge in [0.15, 0.2) is 0 Å². The van der Waals surface area contributed by atoms with Gasteiger partial charge in [0.1, 0.15) is 0 Å². The molecule has 2 rings (SSSR count). The van der Waals surface area contributed by atoms with Gasteiger partial charge in [0.25, 0.3) is 0 Å². The number of sulfonamides is 1. The van der Waals surface area contributed by atoms with E-state index in [9.17, 15) is 8.42 Å². The molecule has 0 spiro atoms. The van der Waals surface area contributed by atoms with Crippen LogP contribution in [0, 0.1) is 6.92 Å². The van der Waals surface area contributed by atoms with Crippen LogP contribution in [0.25, 0.3) is 0 Å². The van der Waals surface area contributed by atoms with Gasteiger partial charge in [-0.2, -0.15) is 4.31 Å². The fraction of sp³-hybridized carbons (Fsp3) is 0.571. The van der Waals surface area contributed by atoms with E-state index in [4.69, 9.17) is 5.73 Å². The molecule has 0 aromatic heterocycles. The standard InChI is InChI=1S/C14H21BrN2O2S/c1-10-8-12(15)13(16)9-14(10)20(18,19)17-7-5-3-4-6-11(17)2/h8-9,11H,3-7,16H2,1-2H3. The lowest BCUT2D eigenvalue weighted by Gasteiger charge is -2.27. The molecule has 1 atom stereocenters. The summed E-state index contributed by atoms with van der Waals surface area (Å²) in [6.45, 7) is 4.39. The minimum atomic E-state index is -3.47. The summed E-state index contributed by atoms with van der Waals surface area (Å²) in [4.78, 5) is 0.326. The highest BCUT2D eigenvalue weighted by atomic mass is 79.9. The van der Waals surface area contributed by atoms with Crippen LogP contribution in [0.3, 0.4) is 0 Å². The predicted molar refractivity (Wildman–Crippen MR) is 85.1 cm³/mol. The Balaban J connectivity index is 2.46. The molecule has 6 heteroatoms. The van der Waals surface area contributed by atoms with Gasteiger partial charge in [0.2, 0.25) is 10.0 Å². The van der Waals surface area contributed by atoms with Crippen molar-refractivity contribution in [3.63, 3.8) is 0 Å². The second-order valence-electron chi connectivity index (χ2n) is 5.45. The van der Waals surface area contributed by atoms with E-state index in [2.05, 4.69) is 15.9 Å². The Morgan fingerprint density at radius 2 is 2.00 bits per heavy atom. The Hall–Kier alpha value is -0.590. The second kappa shape index (κ2) is 6.03. The van der Waals surface area contributed by atoms with E-state index >= 15 is 0 Å². The van der Waals surface area contributed by atoms with Gasteiger partial charge in [-0.3, -0.25) is 0 Å². The van der Waals surface area contributed by atoms with Crippen LogP contribution in [0.5, 0.6) is 0 Å². The van der Waals surface area contributed by atoms with Crippen LogP contribution >= 0.6 is 15.9 Å². The van der Waals surface area contributed by atoms with Gasteiger partial charge in [-0.05, 0) is 60.3 Å². The van der Waals surface area contributed by atoms with E-state index in [0.29, 0.717) is 17.1 Å². The molecule has 2 N–H and O–H groups in total. The van der Waals surface area contributed by atoms with Crippen LogP contribution in [-0.4, -0.2) is 25.3 Å². The number of hydrogen-bond acceptors (Lipinski definition) is 3. The lowest BCUT2D eigenvalue weighted by Crippen LogP contribution is -2.38. The summed E-state index contributed by atoms with van der Waals surface area (Å²) in [5.74, 6) is 0. The molecule has 1 saturated heterocycles. The monoisotopic (exact) mass is 360 g/mol. The van der Waals surface area contributed by atoms with Crippen molar-refractivity contribution in [2.45, 2.75) is 50.5 Å². The van der Waals surface area contributed by atoms with Crippen LogP contribution in [0.2, 0.25) is 0 Å². The van der Waals surface area contributed by atoms with E-state index in [1.165, 1.54) is 0 Å². The molecule has 0 amide bonds. The van der Waals surface area contributed by atoms with E-state index < -0.39 is 10.0 Å². The number of nitrogen functional groups attached to an aromatic ring is 1. The van der Waals surface area contributed by atoms with Crippen molar-refractivity contribution in [2.24, 2.45) is 0 Å². The van der Waals surface area contributed by atoms with Crippen molar-refractivity contribution < 1.29 is 8.42 Å². The zero-order chi connectivity index (χ0) is 14.9. The molecule has 1 unspecified atom stereocenters. The van der Waals surface area contributed by atoms with Crippen molar-refractivity contribution in [3.8, 4) is 0 Å². The topological polar surface area (TPSA) is 63.4 Å². The van der Waals surface area contributed by atoms with Gasteiger partial charge >= 0.3 is 0 Å². The van der Waals surface area contributed by atoms with Crippen LogP contribution in [-0.2, 0) is 10.0 Å². The Morgan fingerprint density at radius 3 is 2.70 bits per heavy atom. The zero-order valence-electron chi connectivity index (χ0n) is 11.9. The third kappa shape index (κ3) is 3.02. The van der Waals surface area contributed by atoms with Crippen molar-refractivity contribution in [1.29, 1.82) is 0 Å². The summed E-state index contributed by atoms with van der Waals surface area (Å²) in [5, 5.41) is 0. The van der Waals surface area contributed by atoms with Crippen molar-refractivity contribution in [2.75, 3.05) is 12.3 Å². The highest BCUT2D eigenvalue weighted by Gasteiger charge is 2.31. The van der Waals surface area contributed by atoms with Gasteiger partial charge < -0.3 is 5.73 Å². The van der Waals surface area contributed by atoms with E-state index in [0.717, 1.165) is 35.7 Å². The lowest BCUT2D eigenvalue weighted by molar-refractivity contribution is 0.342. The highest BCUT2D eigenvalue weighted by Crippen LogP contribution is 2.31. The van der Waals surface area contributed by atoms with Gasteiger partial charge in [-0.25, -0.2) is 8.42 Å². The molecule has 0 bridgehead atoms. The largest absolute Gasteiger partial charge is 0.398 e. The maximum atomic E-state index is 12.9. The van der Waals surface area contributed by atoms with Crippen LogP contribution in [0.15, 0.2) is 21.5 Å². The van der Waals surface area contributed by atoms with Crippen molar-refractivity contribution in [1.82, 2.24) is 4.31 Å². The summed E-state index contributed by atoms with van der Waals surface area (Å²) in [6, 6.07) is 3.38. The Kier molecular flexibility index (Phi) is 4.76. The number of hydrogen-bond donors (Lipinski definition) is 1. The molecular formula is C14H21BrN2O2S. The number of benzene rings is 1. The number of nitrogens with two attached hydrogens (primary N) is 1. The van der Waals surface area contributed by atoms with E-state index in [1.807, 2.05) is 6.92 Å². The van der Waals surface area contributed by atoms with Crippen LogP contribution < -0.4 is 5.73 Å². The highest BCUT2D eigenvalue weighted by molar-refractivity contribution is 9.10. The first-order valence-corrected chi connectivity index (χ1v) is 9.15. The molecule has 112 valence electrons. The van der Waals surface area contributed by atoms with E-state index in [-0.39, 0.29) is 6.04 Å². The number of aryl methyl sites for hydroxylation is 1. The molecule has 0 saturated carbocycles. The minimum absolute atomic E-state index is 0.0479. The molecule has 1 fully saturated rings. The first-order valence-electron chi connectivity index (χ1n) is 6.91. The molecule has 4 nitrogen and oxygen atoms in total. The van der Waals surface area contributed by atoms with Gasteiger partial charge in [-0.1, -0.05) is 12.8 Å². The third-order valence-corrected chi connectivity index (χ3v) is 6.72. The maximum Gasteiger partial charge on any atom is 0.243 e. The molecule has 1 aliphatic rings. The second-order valence-corrected chi connectivity index (χ2v) is 8.17. The smallest absolute Gasteiger partial charge is 0.243 e. The lowest BCUT2D eigenvalue weighted by atomic mass is 10.1. The zero-order valence-corrected chi connectivity index (χ0v) is 14.3. The summed E-state index contributed by atoms with van der Waals surface area (Å²) in [6.07, 6.45) is 4.03. The normalized spacial score (nSPS) is 21.6. The molecular weight excluding hydrogens is 340 g/mol. The summed E-state index contributed by atoms with van der Waals surface area (Å²) < 4.78 is 28.1. The molecule has 1 aliphatic heterocycles. The minimum Gasteiger partial charge on any atom is -0.398 e. The fourth-order valence-corrected chi connectivity index (χ4v) is 5.08. The molecule has 1 aromatic carbocycles. The van der Waals surface area contributed by atoms with Gasteiger partial charge in [-0.15, -0.1) is 0 Å². The molecule has 1 aromatic rings. The van der Waals surface area contributed by atoms with E-state index in [1.54, 1.807) is 23.4 Å². The molecule has 0 radical (unpaired) electrons. The van der Waals surface area contributed by atoms with Crippen molar-refractivity contribution >= 4 is 31.6 Å². The molecule has 0 aliphatic carbocycles. The first kappa shape index (κ1) is 15.8. The number of halogens is 1. The molecule has 1 heterocycles.